The number of aromatic nitrogens is 5. The molecular formula is C16H16N6O. The number of rotatable bonds is 2. The van der Waals surface area contributed by atoms with Crippen molar-refractivity contribution in [3.8, 4) is 0 Å². The molecule has 1 fully saturated rings. The summed E-state index contributed by atoms with van der Waals surface area (Å²) in [7, 11) is 0. The molecule has 1 atom stereocenters. The van der Waals surface area contributed by atoms with Gasteiger partial charge >= 0.3 is 0 Å². The molecule has 3 aromatic rings. The average Bonchev–Trinajstić information content (AvgIpc) is 3.06. The van der Waals surface area contributed by atoms with Crippen LogP contribution in [0.5, 0.6) is 0 Å². The number of carbonyl (C=O) groups excluding carboxylic acids is 1. The number of hydrogen-bond donors (Lipinski definition) is 0. The van der Waals surface area contributed by atoms with E-state index in [0.717, 1.165) is 25.1 Å². The minimum Gasteiger partial charge on any atom is -0.338 e. The SMILES string of the molecule is O=C(c1cnn2cccnc12)N1CCC[C@H](c2cnccn2)C1. The van der Waals surface area contributed by atoms with Crippen LogP contribution in [0, 0.1) is 0 Å². The molecule has 0 aromatic carbocycles. The van der Waals surface area contributed by atoms with E-state index >= 15 is 0 Å². The number of hydrogen-bond acceptors (Lipinski definition) is 5. The molecule has 0 aliphatic carbocycles. The van der Waals surface area contributed by atoms with Gasteiger partial charge in [0.2, 0.25) is 0 Å². The lowest BCUT2D eigenvalue weighted by Gasteiger charge is -2.32. The molecule has 3 aromatic heterocycles. The highest BCUT2D eigenvalue weighted by atomic mass is 16.2. The van der Waals surface area contributed by atoms with E-state index in [1.165, 1.54) is 0 Å². The van der Waals surface area contributed by atoms with Crippen molar-refractivity contribution >= 4 is 11.6 Å². The van der Waals surface area contributed by atoms with E-state index in [4.69, 9.17) is 0 Å². The quantitative estimate of drug-likeness (QED) is 0.718. The Morgan fingerprint density at radius 3 is 3.00 bits per heavy atom. The van der Waals surface area contributed by atoms with Gasteiger partial charge in [0.05, 0.1) is 11.9 Å². The van der Waals surface area contributed by atoms with E-state index in [1.807, 2.05) is 4.90 Å². The Balaban J connectivity index is 1.59. The first-order chi connectivity index (χ1) is 11.3. The van der Waals surface area contributed by atoms with Crippen molar-refractivity contribution in [2.24, 2.45) is 0 Å². The van der Waals surface area contributed by atoms with E-state index in [1.54, 1.807) is 47.8 Å². The van der Waals surface area contributed by atoms with Crippen molar-refractivity contribution in [1.29, 1.82) is 0 Å². The van der Waals surface area contributed by atoms with Gasteiger partial charge in [-0.3, -0.25) is 14.8 Å². The fourth-order valence-electron chi connectivity index (χ4n) is 3.07. The van der Waals surface area contributed by atoms with Gasteiger partial charge in [0, 0.05) is 50.0 Å². The van der Waals surface area contributed by atoms with Crippen molar-refractivity contribution in [3.05, 3.63) is 54.5 Å². The number of likely N-dealkylation sites (tertiary alicyclic amines) is 1. The van der Waals surface area contributed by atoms with E-state index in [9.17, 15) is 4.79 Å². The molecule has 1 saturated heterocycles. The normalized spacial score (nSPS) is 18.3. The maximum absolute atomic E-state index is 12.8. The Bertz CT molecular complexity index is 831. The number of carbonyl (C=O) groups is 1. The van der Waals surface area contributed by atoms with Crippen LogP contribution in [0.3, 0.4) is 0 Å². The van der Waals surface area contributed by atoms with Gasteiger partial charge in [0.1, 0.15) is 5.56 Å². The third-order valence-corrected chi connectivity index (χ3v) is 4.22. The van der Waals surface area contributed by atoms with Crippen molar-refractivity contribution < 1.29 is 4.79 Å². The van der Waals surface area contributed by atoms with Crippen LogP contribution < -0.4 is 0 Å². The molecule has 1 amide bonds. The Labute approximate surface area is 133 Å². The van der Waals surface area contributed by atoms with Gasteiger partial charge in [-0.05, 0) is 18.9 Å². The second-order valence-corrected chi connectivity index (χ2v) is 5.67. The first-order valence-electron chi connectivity index (χ1n) is 7.66. The molecule has 4 rings (SSSR count). The third kappa shape index (κ3) is 2.54. The first kappa shape index (κ1) is 13.8. The van der Waals surface area contributed by atoms with Crippen molar-refractivity contribution in [2.75, 3.05) is 13.1 Å². The summed E-state index contributed by atoms with van der Waals surface area (Å²) in [6.45, 7) is 1.40. The minimum absolute atomic E-state index is 0.0210. The fourth-order valence-corrected chi connectivity index (χ4v) is 3.07. The molecule has 0 bridgehead atoms. The molecule has 0 unspecified atom stereocenters. The summed E-state index contributed by atoms with van der Waals surface area (Å²) in [6.07, 6.45) is 12.2. The van der Waals surface area contributed by atoms with Crippen molar-refractivity contribution in [2.45, 2.75) is 18.8 Å². The zero-order valence-corrected chi connectivity index (χ0v) is 12.5. The van der Waals surface area contributed by atoms with Crippen LogP contribution in [0.4, 0.5) is 0 Å². The summed E-state index contributed by atoms with van der Waals surface area (Å²) in [4.78, 5) is 27.5. The summed E-state index contributed by atoms with van der Waals surface area (Å²) in [6, 6.07) is 1.79. The number of fused-ring (bicyclic) bond motifs is 1. The highest BCUT2D eigenvalue weighted by molar-refractivity contribution is 5.99. The molecule has 1 aliphatic heterocycles. The van der Waals surface area contributed by atoms with Crippen LogP contribution in [0.25, 0.3) is 5.65 Å². The Kier molecular flexibility index (Phi) is 3.45. The molecule has 23 heavy (non-hydrogen) atoms. The lowest BCUT2D eigenvalue weighted by Crippen LogP contribution is -2.39. The maximum atomic E-state index is 12.8. The summed E-state index contributed by atoms with van der Waals surface area (Å²) in [5, 5.41) is 4.20. The summed E-state index contributed by atoms with van der Waals surface area (Å²) < 4.78 is 1.62. The van der Waals surface area contributed by atoms with Gasteiger partial charge in [0.25, 0.3) is 5.91 Å². The number of piperidine rings is 1. The largest absolute Gasteiger partial charge is 0.338 e. The highest BCUT2D eigenvalue weighted by Crippen LogP contribution is 2.26. The standard InChI is InChI=1S/C16H16N6O/c23-16(13-9-20-22-8-2-4-19-15(13)22)21-7-1-3-12(11-21)14-10-17-5-6-18-14/h2,4-6,8-10,12H,1,3,7,11H2/t12-/m0/s1. The van der Waals surface area contributed by atoms with Crippen LogP contribution >= 0.6 is 0 Å². The fraction of sp³-hybridized carbons (Fsp3) is 0.312. The monoisotopic (exact) mass is 308 g/mol. The predicted molar refractivity (Wildman–Crippen MR) is 82.9 cm³/mol. The van der Waals surface area contributed by atoms with E-state index in [0.29, 0.717) is 17.8 Å². The van der Waals surface area contributed by atoms with Gasteiger partial charge in [0.15, 0.2) is 5.65 Å². The van der Waals surface area contributed by atoms with E-state index in [2.05, 4.69) is 20.1 Å². The van der Waals surface area contributed by atoms with Gasteiger partial charge < -0.3 is 4.90 Å². The molecule has 0 spiro atoms. The minimum atomic E-state index is -0.0210. The zero-order valence-electron chi connectivity index (χ0n) is 12.5. The molecule has 7 heteroatoms. The molecule has 1 aliphatic rings. The third-order valence-electron chi connectivity index (χ3n) is 4.22. The van der Waals surface area contributed by atoms with Crippen LogP contribution in [-0.2, 0) is 0 Å². The van der Waals surface area contributed by atoms with Gasteiger partial charge in [-0.2, -0.15) is 5.10 Å². The van der Waals surface area contributed by atoms with Crippen LogP contribution in [0.2, 0.25) is 0 Å². The Morgan fingerprint density at radius 2 is 2.13 bits per heavy atom. The summed E-state index contributed by atoms with van der Waals surface area (Å²) >= 11 is 0. The van der Waals surface area contributed by atoms with Crippen LogP contribution in [0.1, 0.15) is 34.8 Å². The van der Waals surface area contributed by atoms with Crippen LogP contribution in [-0.4, -0.2) is 48.5 Å². The first-order valence-corrected chi connectivity index (χ1v) is 7.66. The number of amides is 1. The molecule has 0 N–H and O–H groups in total. The molecule has 0 radical (unpaired) electrons. The van der Waals surface area contributed by atoms with Crippen molar-refractivity contribution in [1.82, 2.24) is 29.5 Å². The Morgan fingerprint density at radius 1 is 1.17 bits per heavy atom. The lowest BCUT2D eigenvalue weighted by molar-refractivity contribution is 0.0707. The molecule has 0 saturated carbocycles. The highest BCUT2D eigenvalue weighted by Gasteiger charge is 2.28. The molecule has 7 nitrogen and oxygen atoms in total. The van der Waals surface area contributed by atoms with Gasteiger partial charge in [-0.1, -0.05) is 0 Å². The average molecular weight is 308 g/mol. The van der Waals surface area contributed by atoms with Crippen LogP contribution in [0.15, 0.2) is 43.2 Å². The topological polar surface area (TPSA) is 76.3 Å². The predicted octanol–water partition coefficient (Wildman–Crippen LogP) is 1.54. The number of nitrogens with zero attached hydrogens (tertiary/aromatic N) is 6. The molecular weight excluding hydrogens is 292 g/mol. The second kappa shape index (κ2) is 5.75. The Hall–Kier alpha value is -2.83. The zero-order chi connectivity index (χ0) is 15.6. The maximum Gasteiger partial charge on any atom is 0.259 e. The van der Waals surface area contributed by atoms with Crippen molar-refractivity contribution in [3.63, 3.8) is 0 Å². The van der Waals surface area contributed by atoms with E-state index in [-0.39, 0.29) is 11.8 Å². The van der Waals surface area contributed by atoms with E-state index < -0.39 is 0 Å². The summed E-state index contributed by atoms with van der Waals surface area (Å²) in [5.41, 5.74) is 2.09. The summed E-state index contributed by atoms with van der Waals surface area (Å²) in [5.74, 6) is 0.212. The molecule has 116 valence electrons. The molecule has 4 heterocycles. The second-order valence-electron chi connectivity index (χ2n) is 5.67. The lowest BCUT2D eigenvalue weighted by atomic mass is 9.94. The van der Waals surface area contributed by atoms with Gasteiger partial charge in [-0.15, -0.1) is 0 Å². The van der Waals surface area contributed by atoms with Gasteiger partial charge in [-0.25, -0.2) is 9.50 Å². The smallest absolute Gasteiger partial charge is 0.259 e.